The molecule has 0 amide bonds. The van der Waals surface area contributed by atoms with Gasteiger partial charge in [0.1, 0.15) is 5.82 Å². The van der Waals surface area contributed by atoms with E-state index >= 15 is 0 Å². The van der Waals surface area contributed by atoms with Gasteiger partial charge in [-0.2, -0.15) is 0 Å². The number of H-pyrrole nitrogens is 1. The van der Waals surface area contributed by atoms with Crippen molar-refractivity contribution >= 4 is 0 Å². The summed E-state index contributed by atoms with van der Waals surface area (Å²) in [5, 5.41) is 0. The van der Waals surface area contributed by atoms with E-state index in [-0.39, 0.29) is 12.4 Å². The number of nitrogens with zero attached hydrogens (tertiary/aromatic N) is 1. The van der Waals surface area contributed by atoms with Crippen molar-refractivity contribution in [2.24, 2.45) is 0 Å². The molecule has 1 aromatic carbocycles. The molecule has 2 aromatic rings. The third-order valence-corrected chi connectivity index (χ3v) is 3.04. The monoisotopic (exact) mass is 244 g/mol. The van der Waals surface area contributed by atoms with E-state index in [4.69, 9.17) is 9.47 Å². The van der Waals surface area contributed by atoms with Crippen LogP contribution in [-0.2, 0) is 0 Å². The Balaban J connectivity index is 2.13. The molecule has 18 heavy (non-hydrogen) atoms. The first-order chi connectivity index (χ1) is 8.65. The van der Waals surface area contributed by atoms with Gasteiger partial charge in [0.15, 0.2) is 11.5 Å². The van der Waals surface area contributed by atoms with Gasteiger partial charge in [-0.15, -0.1) is 0 Å². The molecule has 0 saturated carbocycles. The highest BCUT2D eigenvalue weighted by Gasteiger charge is 2.15. The highest BCUT2D eigenvalue weighted by Crippen LogP contribution is 2.34. The smallest absolute Gasteiger partial charge is 0.254 e. The fourth-order valence-electron chi connectivity index (χ4n) is 1.83. The van der Waals surface area contributed by atoms with Crippen LogP contribution in [0.3, 0.4) is 0 Å². The van der Waals surface area contributed by atoms with Gasteiger partial charge in [0, 0.05) is 16.8 Å². The van der Waals surface area contributed by atoms with Crippen LogP contribution in [0, 0.1) is 13.8 Å². The molecule has 5 heteroatoms. The summed E-state index contributed by atoms with van der Waals surface area (Å²) < 4.78 is 10.5. The molecule has 92 valence electrons. The van der Waals surface area contributed by atoms with Crippen LogP contribution < -0.4 is 15.0 Å². The molecule has 3 rings (SSSR count). The minimum absolute atomic E-state index is 0.116. The number of rotatable bonds is 1. The lowest BCUT2D eigenvalue weighted by molar-refractivity contribution is 0.174. The molecule has 0 atom stereocenters. The zero-order valence-electron chi connectivity index (χ0n) is 10.1. The van der Waals surface area contributed by atoms with E-state index < -0.39 is 0 Å². The minimum atomic E-state index is -0.116. The van der Waals surface area contributed by atoms with E-state index in [1.807, 2.05) is 25.1 Å². The van der Waals surface area contributed by atoms with Crippen molar-refractivity contribution in [3.8, 4) is 22.9 Å². The van der Waals surface area contributed by atoms with Crippen LogP contribution >= 0.6 is 0 Å². The highest BCUT2D eigenvalue weighted by molar-refractivity contribution is 5.61. The summed E-state index contributed by atoms with van der Waals surface area (Å²) in [7, 11) is 0. The lowest BCUT2D eigenvalue weighted by Gasteiger charge is -2.05. The summed E-state index contributed by atoms with van der Waals surface area (Å²) in [5.74, 6) is 1.93. The minimum Gasteiger partial charge on any atom is -0.454 e. The Bertz CT molecular complexity index is 676. The lowest BCUT2D eigenvalue weighted by atomic mass is 10.1. The average Bonchev–Trinajstić information content (AvgIpc) is 2.82. The van der Waals surface area contributed by atoms with E-state index in [0.717, 1.165) is 11.3 Å². The van der Waals surface area contributed by atoms with Gasteiger partial charge in [-0.05, 0) is 32.0 Å². The van der Waals surface area contributed by atoms with Crippen LogP contribution in [0.25, 0.3) is 11.4 Å². The number of aryl methyl sites for hydroxylation is 1. The van der Waals surface area contributed by atoms with E-state index in [9.17, 15) is 4.79 Å². The van der Waals surface area contributed by atoms with E-state index in [1.165, 1.54) is 0 Å². The summed E-state index contributed by atoms with van der Waals surface area (Å²) in [6.07, 6.45) is 0. The fraction of sp³-hybridized carbons (Fsp3) is 0.231. The Morgan fingerprint density at radius 3 is 2.78 bits per heavy atom. The molecule has 1 aliphatic heterocycles. The zero-order chi connectivity index (χ0) is 12.7. The fourth-order valence-corrected chi connectivity index (χ4v) is 1.83. The summed E-state index contributed by atoms with van der Waals surface area (Å²) in [5.41, 5.74) is 2.06. The van der Waals surface area contributed by atoms with Gasteiger partial charge in [0.25, 0.3) is 5.56 Å². The Morgan fingerprint density at radius 2 is 2.00 bits per heavy atom. The Kier molecular flexibility index (Phi) is 2.33. The average molecular weight is 244 g/mol. The number of aromatic amines is 1. The quantitative estimate of drug-likeness (QED) is 0.830. The topological polar surface area (TPSA) is 64.2 Å². The Labute approximate surface area is 103 Å². The van der Waals surface area contributed by atoms with Gasteiger partial charge in [0.2, 0.25) is 6.79 Å². The number of hydrogen-bond acceptors (Lipinski definition) is 4. The zero-order valence-corrected chi connectivity index (χ0v) is 10.1. The second kappa shape index (κ2) is 3.87. The van der Waals surface area contributed by atoms with E-state index in [0.29, 0.717) is 22.9 Å². The largest absolute Gasteiger partial charge is 0.454 e. The molecule has 0 fully saturated rings. The Morgan fingerprint density at radius 1 is 1.22 bits per heavy atom. The summed E-state index contributed by atoms with van der Waals surface area (Å²) in [6.45, 7) is 3.81. The summed E-state index contributed by atoms with van der Waals surface area (Å²) >= 11 is 0. The van der Waals surface area contributed by atoms with Crippen molar-refractivity contribution in [2.75, 3.05) is 6.79 Å². The number of ether oxygens (including phenoxy) is 2. The maximum atomic E-state index is 11.7. The molecule has 1 aromatic heterocycles. The van der Waals surface area contributed by atoms with Crippen LogP contribution in [0.1, 0.15) is 11.3 Å². The van der Waals surface area contributed by atoms with Crippen molar-refractivity contribution in [1.82, 2.24) is 9.97 Å². The van der Waals surface area contributed by atoms with Crippen molar-refractivity contribution in [2.45, 2.75) is 13.8 Å². The normalized spacial score (nSPS) is 12.8. The highest BCUT2D eigenvalue weighted by atomic mass is 16.7. The summed E-state index contributed by atoms with van der Waals surface area (Å²) in [6, 6.07) is 5.47. The lowest BCUT2D eigenvalue weighted by Crippen LogP contribution is -2.14. The number of hydrogen-bond donors (Lipinski definition) is 1. The summed E-state index contributed by atoms with van der Waals surface area (Å²) in [4.78, 5) is 18.9. The predicted molar refractivity (Wildman–Crippen MR) is 65.9 cm³/mol. The molecule has 0 unspecified atom stereocenters. The van der Waals surface area contributed by atoms with Crippen molar-refractivity contribution < 1.29 is 9.47 Å². The number of aromatic nitrogens is 2. The molecule has 0 aliphatic carbocycles. The molecule has 5 nitrogen and oxygen atoms in total. The molecule has 1 aliphatic rings. The molecule has 0 saturated heterocycles. The predicted octanol–water partition coefficient (Wildman–Crippen LogP) is 1.78. The number of fused-ring (bicyclic) bond motifs is 1. The molecule has 0 bridgehead atoms. The Hall–Kier alpha value is -2.30. The van der Waals surface area contributed by atoms with Gasteiger partial charge >= 0.3 is 0 Å². The molecule has 1 N–H and O–H groups in total. The number of benzene rings is 1. The van der Waals surface area contributed by atoms with Crippen LogP contribution in [0.5, 0.6) is 11.5 Å². The number of nitrogens with one attached hydrogen (secondary N) is 1. The molecule has 0 radical (unpaired) electrons. The van der Waals surface area contributed by atoms with Crippen LogP contribution in [-0.4, -0.2) is 16.8 Å². The first kappa shape index (κ1) is 10.8. The third kappa shape index (κ3) is 1.64. The molecule has 0 spiro atoms. The van der Waals surface area contributed by atoms with Gasteiger partial charge in [-0.25, -0.2) is 4.98 Å². The van der Waals surface area contributed by atoms with Crippen molar-refractivity contribution in [1.29, 1.82) is 0 Å². The van der Waals surface area contributed by atoms with Crippen LogP contribution in [0.15, 0.2) is 23.0 Å². The van der Waals surface area contributed by atoms with Gasteiger partial charge in [-0.1, -0.05) is 0 Å². The van der Waals surface area contributed by atoms with Crippen LogP contribution in [0.4, 0.5) is 0 Å². The molecule has 2 heterocycles. The second-order valence-corrected chi connectivity index (χ2v) is 4.19. The molecular weight excluding hydrogens is 232 g/mol. The standard InChI is InChI=1S/C13H12N2O3/c1-7-8(2)14-12(15-13(7)16)9-3-4-10-11(5-9)18-6-17-10/h3-5H,6H2,1-2H3,(H,14,15,16). The first-order valence-electron chi connectivity index (χ1n) is 5.62. The maximum Gasteiger partial charge on any atom is 0.254 e. The molecular formula is C13H12N2O3. The maximum absolute atomic E-state index is 11.7. The first-order valence-corrected chi connectivity index (χ1v) is 5.62. The van der Waals surface area contributed by atoms with Gasteiger partial charge in [0.05, 0.1) is 0 Å². The SMILES string of the molecule is Cc1nc(-c2ccc3c(c2)OCO3)[nH]c(=O)c1C. The van der Waals surface area contributed by atoms with E-state index in [1.54, 1.807) is 6.92 Å². The third-order valence-electron chi connectivity index (χ3n) is 3.04. The van der Waals surface area contributed by atoms with Crippen molar-refractivity contribution in [3.05, 3.63) is 39.8 Å². The van der Waals surface area contributed by atoms with E-state index in [2.05, 4.69) is 9.97 Å². The second-order valence-electron chi connectivity index (χ2n) is 4.19. The van der Waals surface area contributed by atoms with Crippen molar-refractivity contribution in [3.63, 3.8) is 0 Å². The van der Waals surface area contributed by atoms with Crippen LogP contribution in [0.2, 0.25) is 0 Å². The van der Waals surface area contributed by atoms with Gasteiger partial charge in [-0.3, -0.25) is 4.79 Å². The van der Waals surface area contributed by atoms with Gasteiger partial charge < -0.3 is 14.5 Å².